The number of hydrogen-bond acceptors (Lipinski definition) is 3. The Kier molecular flexibility index (Phi) is 4.87. The Labute approximate surface area is 166 Å². The van der Waals surface area contributed by atoms with Crippen LogP contribution in [0.15, 0.2) is 66.7 Å². The van der Waals surface area contributed by atoms with E-state index in [-0.39, 0.29) is 11.7 Å². The lowest BCUT2D eigenvalue weighted by atomic mass is 10.1. The minimum atomic E-state index is -0.505. The molecule has 1 aliphatic heterocycles. The first-order valence-electron chi connectivity index (χ1n) is 9.11. The van der Waals surface area contributed by atoms with E-state index in [9.17, 15) is 14.0 Å². The number of carbonyl (C=O) groups excluding carboxylic acids is 2. The SMILES string of the molecule is CCN1C(=O)c2cc(NC(=O)Nc3ccc(F)cc3)ccc2Oc2ccccc21. The second kappa shape index (κ2) is 7.63. The average molecular weight is 391 g/mol. The van der Waals surface area contributed by atoms with Crippen LogP contribution in [-0.4, -0.2) is 18.5 Å². The maximum atomic E-state index is 13.1. The predicted molar refractivity (Wildman–Crippen MR) is 109 cm³/mol. The van der Waals surface area contributed by atoms with Gasteiger partial charge >= 0.3 is 6.03 Å². The van der Waals surface area contributed by atoms with Crippen molar-refractivity contribution in [2.24, 2.45) is 0 Å². The predicted octanol–water partition coefficient (Wildman–Crippen LogP) is 5.24. The molecule has 0 atom stereocenters. The van der Waals surface area contributed by atoms with Gasteiger partial charge in [0.1, 0.15) is 11.6 Å². The maximum absolute atomic E-state index is 13.1. The molecule has 0 fully saturated rings. The number of benzene rings is 3. The summed E-state index contributed by atoms with van der Waals surface area (Å²) < 4.78 is 18.9. The van der Waals surface area contributed by atoms with Crippen LogP contribution < -0.4 is 20.3 Å². The van der Waals surface area contributed by atoms with Crippen LogP contribution in [0.5, 0.6) is 11.5 Å². The Bertz CT molecular complexity index is 1080. The van der Waals surface area contributed by atoms with E-state index < -0.39 is 6.03 Å². The highest BCUT2D eigenvalue weighted by atomic mass is 19.1. The number of carbonyl (C=O) groups is 2. The molecule has 3 amide bonds. The monoisotopic (exact) mass is 391 g/mol. The van der Waals surface area contributed by atoms with Crippen LogP contribution in [0.3, 0.4) is 0 Å². The Morgan fingerprint density at radius 2 is 1.66 bits per heavy atom. The number of halogens is 1. The number of fused-ring (bicyclic) bond motifs is 2. The van der Waals surface area contributed by atoms with E-state index in [0.29, 0.717) is 40.7 Å². The molecule has 1 heterocycles. The molecule has 4 rings (SSSR count). The van der Waals surface area contributed by atoms with Crippen LogP contribution in [0.4, 0.5) is 26.2 Å². The molecule has 0 spiro atoms. The summed E-state index contributed by atoms with van der Waals surface area (Å²) in [6.07, 6.45) is 0. The second-order valence-corrected chi connectivity index (χ2v) is 6.42. The molecule has 6 nitrogen and oxygen atoms in total. The van der Waals surface area contributed by atoms with Gasteiger partial charge in [0.2, 0.25) is 0 Å². The molecule has 2 N–H and O–H groups in total. The summed E-state index contributed by atoms with van der Waals surface area (Å²) >= 11 is 0. The van der Waals surface area contributed by atoms with E-state index in [4.69, 9.17) is 4.74 Å². The number of hydrogen-bond donors (Lipinski definition) is 2. The van der Waals surface area contributed by atoms with E-state index in [0.717, 1.165) is 0 Å². The third-order valence-corrected chi connectivity index (χ3v) is 4.51. The van der Waals surface area contributed by atoms with Crippen molar-refractivity contribution in [2.45, 2.75) is 6.92 Å². The fourth-order valence-electron chi connectivity index (χ4n) is 3.14. The Hall–Kier alpha value is -3.87. The molecule has 0 aromatic heterocycles. The molecule has 0 radical (unpaired) electrons. The first-order chi connectivity index (χ1) is 14.0. The van der Waals surface area contributed by atoms with Gasteiger partial charge in [0.15, 0.2) is 5.75 Å². The lowest BCUT2D eigenvalue weighted by Gasteiger charge is -2.19. The molecule has 146 valence electrons. The fourth-order valence-corrected chi connectivity index (χ4v) is 3.14. The highest BCUT2D eigenvalue weighted by molar-refractivity contribution is 6.10. The molecule has 0 bridgehead atoms. The molecule has 0 saturated heterocycles. The highest BCUT2D eigenvalue weighted by Crippen LogP contribution is 2.39. The van der Waals surface area contributed by atoms with Gasteiger partial charge in [-0.2, -0.15) is 0 Å². The molecule has 0 saturated carbocycles. The number of rotatable bonds is 3. The number of para-hydroxylation sites is 2. The highest BCUT2D eigenvalue weighted by Gasteiger charge is 2.27. The van der Waals surface area contributed by atoms with Crippen molar-refractivity contribution in [1.82, 2.24) is 0 Å². The second-order valence-electron chi connectivity index (χ2n) is 6.42. The smallest absolute Gasteiger partial charge is 0.323 e. The first kappa shape index (κ1) is 18.5. The van der Waals surface area contributed by atoms with Gasteiger partial charge in [-0.25, -0.2) is 9.18 Å². The normalized spacial score (nSPS) is 12.3. The van der Waals surface area contributed by atoms with Gasteiger partial charge in [-0.3, -0.25) is 4.79 Å². The summed E-state index contributed by atoms with van der Waals surface area (Å²) in [5, 5.41) is 5.29. The van der Waals surface area contributed by atoms with Crippen LogP contribution >= 0.6 is 0 Å². The number of amides is 3. The van der Waals surface area contributed by atoms with Crippen LogP contribution in [0.25, 0.3) is 0 Å². The van der Waals surface area contributed by atoms with Gasteiger partial charge in [-0.05, 0) is 61.5 Å². The van der Waals surface area contributed by atoms with Crippen molar-refractivity contribution in [1.29, 1.82) is 0 Å². The zero-order chi connectivity index (χ0) is 20.4. The van der Waals surface area contributed by atoms with E-state index in [1.807, 2.05) is 31.2 Å². The minimum Gasteiger partial charge on any atom is -0.454 e. The van der Waals surface area contributed by atoms with Gasteiger partial charge in [0, 0.05) is 17.9 Å². The van der Waals surface area contributed by atoms with Crippen LogP contribution in [0, 0.1) is 5.82 Å². The molecule has 0 aliphatic carbocycles. The molecular weight excluding hydrogens is 373 g/mol. The van der Waals surface area contributed by atoms with Gasteiger partial charge in [0.05, 0.1) is 11.3 Å². The average Bonchev–Trinajstić information content (AvgIpc) is 2.83. The number of nitrogens with zero attached hydrogens (tertiary/aromatic N) is 1. The molecule has 0 unspecified atom stereocenters. The number of urea groups is 1. The van der Waals surface area contributed by atoms with Gasteiger partial charge in [-0.1, -0.05) is 12.1 Å². The van der Waals surface area contributed by atoms with E-state index >= 15 is 0 Å². The summed E-state index contributed by atoms with van der Waals surface area (Å²) in [5.41, 5.74) is 1.93. The third-order valence-electron chi connectivity index (χ3n) is 4.51. The van der Waals surface area contributed by atoms with Crippen molar-refractivity contribution in [3.63, 3.8) is 0 Å². The zero-order valence-electron chi connectivity index (χ0n) is 15.6. The quantitative estimate of drug-likeness (QED) is 0.641. The standard InChI is InChI=1S/C22H18FN3O3/c1-2-26-18-5-3-4-6-20(18)29-19-12-11-16(13-17(19)21(26)27)25-22(28)24-15-9-7-14(23)8-10-15/h3-13H,2H2,1H3,(H2,24,25,28). The topological polar surface area (TPSA) is 70.7 Å². The first-order valence-corrected chi connectivity index (χ1v) is 9.11. The number of anilines is 3. The third kappa shape index (κ3) is 3.75. The molecule has 1 aliphatic rings. The van der Waals surface area contributed by atoms with Crippen LogP contribution in [-0.2, 0) is 0 Å². The summed E-state index contributed by atoms with van der Waals surface area (Å²) in [5.74, 6) is 0.413. The molecule has 3 aromatic carbocycles. The summed E-state index contributed by atoms with van der Waals surface area (Å²) in [7, 11) is 0. The minimum absolute atomic E-state index is 0.213. The van der Waals surface area contributed by atoms with Crippen molar-refractivity contribution in [3.8, 4) is 11.5 Å². The Morgan fingerprint density at radius 1 is 0.966 bits per heavy atom. The summed E-state index contributed by atoms with van der Waals surface area (Å²) in [4.78, 5) is 26.9. The Balaban J connectivity index is 1.58. The van der Waals surface area contributed by atoms with Crippen molar-refractivity contribution in [2.75, 3.05) is 22.1 Å². The van der Waals surface area contributed by atoms with E-state index in [2.05, 4.69) is 10.6 Å². The molecule has 29 heavy (non-hydrogen) atoms. The van der Waals surface area contributed by atoms with Crippen molar-refractivity contribution in [3.05, 3.63) is 78.1 Å². The maximum Gasteiger partial charge on any atom is 0.323 e. The van der Waals surface area contributed by atoms with Crippen molar-refractivity contribution < 1.29 is 18.7 Å². The summed E-state index contributed by atoms with van der Waals surface area (Å²) in [6.45, 7) is 2.36. The fraction of sp³-hybridized carbons (Fsp3) is 0.0909. The van der Waals surface area contributed by atoms with E-state index in [1.165, 1.54) is 24.3 Å². The van der Waals surface area contributed by atoms with Gasteiger partial charge in [0.25, 0.3) is 5.91 Å². The van der Waals surface area contributed by atoms with Crippen molar-refractivity contribution >= 4 is 29.0 Å². The van der Waals surface area contributed by atoms with Gasteiger partial charge < -0.3 is 20.3 Å². The van der Waals surface area contributed by atoms with Crippen LogP contribution in [0.1, 0.15) is 17.3 Å². The number of ether oxygens (including phenoxy) is 1. The van der Waals surface area contributed by atoms with E-state index in [1.54, 1.807) is 23.1 Å². The summed E-state index contributed by atoms with van der Waals surface area (Å²) in [6, 6.07) is 17.1. The largest absolute Gasteiger partial charge is 0.454 e. The molecule has 3 aromatic rings. The lowest BCUT2D eigenvalue weighted by Crippen LogP contribution is -2.29. The Morgan fingerprint density at radius 3 is 2.41 bits per heavy atom. The zero-order valence-corrected chi connectivity index (χ0v) is 15.6. The van der Waals surface area contributed by atoms with Crippen LogP contribution in [0.2, 0.25) is 0 Å². The lowest BCUT2D eigenvalue weighted by molar-refractivity contribution is 0.0988. The molecular formula is C22H18FN3O3. The number of nitrogens with one attached hydrogen (secondary N) is 2. The van der Waals surface area contributed by atoms with Gasteiger partial charge in [-0.15, -0.1) is 0 Å². The molecule has 7 heteroatoms.